The molecule has 1 aromatic rings. The Labute approximate surface area is 122 Å². The molecule has 0 saturated heterocycles. The fourth-order valence-corrected chi connectivity index (χ4v) is 2.05. The summed E-state index contributed by atoms with van der Waals surface area (Å²) in [7, 11) is 0. The number of hydrogen-bond acceptors (Lipinski definition) is 3. The second-order valence-corrected chi connectivity index (χ2v) is 5.11. The van der Waals surface area contributed by atoms with Gasteiger partial charge in [0.15, 0.2) is 0 Å². The van der Waals surface area contributed by atoms with Crippen LogP contribution in [0.5, 0.6) is 0 Å². The third-order valence-corrected chi connectivity index (χ3v) is 3.28. The van der Waals surface area contributed by atoms with Crippen molar-refractivity contribution in [2.75, 3.05) is 25.1 Å². The van der Waals surface area contributed by atoms with Crippen molar-refractivity contribution in [3.63, 3.8) is 0 Å². The van der Waals surface area contributed by atoms with Crippen molar-refractivity contribution in [1.29, 1.82) is 0 Å². The van der Waals surface area contributed by atoms with Crippen LogP contribution in [0.1, 0.15) is 12.5 Å². The summed E-state index contributed by atoms with van der Waals surface area (Å²) in [5.74, 6) is -0.193. The number of benzene rings is 1. The van der Waals surface area contributed by atoms with Gasteiger partial charge in [0.25, 0.3) is 0 Å². The zero-order valence-electron chi connectivity index (χ0n) is 11.7. The molecule has 1 rings (SSSR count). The molecule has 0 aliphatic carbocycles. The molecule has 110 valence electrons. The lowest BCUT2D eigenvalue weighted by Gasteiger charge is -2.19. The number of carbonyl (C=O) groups excluding carboxylic acids is 2. The third-order valence-electron chi connectivity index (χ3n) is 2.74. The number of rotatable bonds is 7. The molecular formula is C14H19FN2O2S. The van der Waals surface area contributed by atoms with Gasteiger partial charge in [0.2, 0.25) is 11.8 Å². The largest absolute Gasteiger partial charge is 0.350 e. The standard InChI is InChI=1S/C14H19FN2O2S/c1-3-17(14(19)10-20-2)9-13(18)16-8-11-4-6-12(15)7-5-11/h4-7H,3,8-10H2,1-2H3,(H,16,18). The minimum Gasteiger partial charge on any atom is -0.350 e. The highest BCUT2D eigenvalue weighted by Gasteiger charge is 2.14. The van der Waals surface area contributed by atoms with Crippen LogP contribution < -0.4 is 5.32 Å². The zero-order chi connectivity index (χ0) is 15.0. The number of hydrogen-bond donors (Lipinski definition) is 1. The van der Waals surface area contributed by atoms with Crippen LogP contribution in [0.3, 0.4) is 0 Å². The van der Waals surface area contributed by atoms with E-state index in [0.29, 0.717) is 18.8 Å². The summed E-state index contributed by atoms with van der Waals surface area (Å²) in [5.41, 5.74) is 0.818. The van der Waals surface area contributed by atoms with E-state index in [1.165, 1.54) is 28.8 Å². The molecule has 0 radical (unpaired) electrons. The maximum Gasteiger partial charge on any atom is 0.239 e. The molecule has 20 heavy (non-hydrogen) atoms. The maximum atomic E-state index is 12.7. The average Bonchev–Trinajstić information content (AvgIpc) is 2.44. The SMILES string of the molecule is CCN(CC(=O)NCc1ccc(F)cc1)C(=O)CSC. The second kappa shape index (κ2) is 8.58. The Morgan fingerprint density at radius 3 is 2.50 bits per heavy atom. The van der Waals surface area contributed by atoms with E-state index >= 15 is 0 Å². The molecule has 0 bridgehead atoms. The van der Waals surface area contributed by atoms with Gasteiger partial charge in [-0.25, -0.2) is 4.39 Å². The molecule has 4 nitrogen and oxygen atoms in total. The first kappa shape index (κ1) is 16.5. The number of thioether (sulfide) groups is 1. The van der Waals surface area contributed by atoms with Crippen molar-refractivity contribution < 1.29 is 14.0 Å². The summed E-state index contributed by atoms with van der Waals surface area (Å²) < 4.78 is 12.7. The molecule has 1 aromatic carbocycles. The summed E-state index contributed by atoms with van der Waals surface area (Å²) >= 11 is 1.43. The Kier molecular flexibility index (Phi) is 7.08. The first-order valence-corrected chi connectivity index (χ1v) is 7.74. The van der Waals surface area contributed by atoms with Gasteiger partial charge in [0.1, 0.15) is 5.82 Å². The Bertz CT molecular complexity index is 451. The highest BCUT2D eigenvalue weighted by atomic mass is 32.2. The van der Waals surface area contributed by atoms with Crippen LogP contribution in [0, 0.1) is 5.82 Å². The first-order valence-electron chi connectivity index (χ1n) is 6.34. The second-order valence-electron chi connectivity index (χ2n) is 4.24. The van der Waals surface area contributed by atoms with Crippen molar-refractivity contribution in [2.24, 2.45) is 0 Å². The molecule has 0 saturated carbocycles. The molecule has 1 N–H and O–H groups in total. The van der Waals surface area contributed by atoms with Gasteiger partial charge in [0, 0.05) is 13.1 Å². The zero-order valence-corrected chi connectivity index (χ0v) is 12.5. The lowest BCUT2D eigenvalue weighted by atomic mass is 10.2. The third kappa shape index (κ3) is 5.61. The lowest BCUT2D eigenvalue weighted by molar-refractivity contribution is -0.133. The molecule has 2 amide bonds. The molecule has 0 aliphatic rings. The van der Waals surface area contributed by atoms with Gasteiger partial charge in [-0.1, -0.05) is 12.1 Å². The van der Waals surface area contributed by atoms with Gasteiger partial charge < -0.3 is 10.2 Å². The lowest BCUT2D eigenvalue weighted by Crippen LogP contribution is -2.41. The number of nitrogens with one attached hydrogen (secondary N) is 1. The van der Waals surface area contributed by atoms with E-state index in [2.05, 4.69) is 5.32 Å². The number of nitrogens with zero attached hydrogens (tertiary/aromatic N) is 1. The highest BCUT2D eigenvalue weighted by Crippen LogP contribution is 2.02. The summed E-state index contributed by atoms with van der Waals surface area (Å²) in [6.45, 7) is 2.72. The molecule has 0 heterocycles. The minimum absolute atomic E-state index is 0.0445. The van der Waals surface area contributed by atoms with Crippen molar-refractivity contribution in [2.45, 2.75) is 13.5 Å². The Hall–Kier alpha value is -1.56. The van der Waals surface area contributed by atoms with Gasteiger partial charge in [-0.2, -0.15) is 11.8 Å². The number of carbonyl (C=O) groups is 2. The molecule has 0 unspecified atom stereocenters. The predicted octanol–water partition coefficient (Wildman–Crippen LogP) is 1.65. The fraction of sp³-hybridized carbons (Fsp3) is 0.429. The van der Waals surface area contributed by atoms with E-state index in [0.717, 1.165) is 5.56 Å². The van der Waals surface area contributed by atoms with Crippen LogP contribution in [0.4, 0.5) is 4.39 Å². The van der Waals surface area contributed by atoms with Crippen molar-refractivity contribution >= 4 is 23.6 Å². The van der Waals surface area contributed by atoms with Gasteiger partial charge in [-0.3, -0.25) is 9.59 Å². The summed E-state index contributed by atoms with van der Waals surface area (Å²) in [6.07, 6.45) is 1.85. The molecule has 0 atom stereocenters. The van der Waals surface area contributed by atoms with E-state index in [9.17, 15) is 14.0 Å². The maximum absolute atomic E-state index is 12.7. The number of likely N-dealkylation sites (N-methyl/N-ethyl adjacent to an activating group) is 1. The molecular weight excluding hydrogens is 279 g/mol. The normalized spacial score (nSPS) is 10.2. The van der Waals surface area contributed by atoms with E-state index in [4.69, 9.17) is 0 Å². The average molecular weight is 298 g/mol. The fourth-order valence-electron chi connectivity index (χ4n) is 1.62. The number of amides is 2. The Morgan fingerprint density at radius 2 is 1.95 bits per heavy atom. The Balaban J connectivity index is 2.42. The summed E-state index contributed by atoms with van der Waals surface area (Å²) in [4.78, 5) is 25.0. The van der Waals surface area contributed by atoms with E-state index < -0.39 is 0 Å². The van der Waals surface area contributed by atoms with Crippen LogP contribution in [0.25, 0.3) is 0 Å². The van der Waals surface area contributed by atoms with Crippen LogP contribution in [-0.4, -0.2) is 41.8 Å². The van der Waals surface area contributed by atoms with Crippen molar-refractivity contribution in [1.82, 2.24) is 10.2 Å². The summed E-state index contributed by atoms with van der Waals surface area (Å²) in [6, 6.07) is 5.93. The van der Waals surface area contributed by atoms with Crippen molar-refractivity contribution in [3.8, 4) is 0 Å². The van der Waals surface area contributed by atoms with Crippen LogP contribution in [0.15, 0.2) is 24.3 Å². The smallest absolute Gasteiger partial charge is 0.239 e. The van der Waals surface area contributed by atoms with Gasteiger partial charge in [-0.15, -0.1) is 0 Å². The molecule has 0 aromatic heterocycles. The molecule has 0 fully saturated rings. The topological polar surface area (TPSA) is 49.4 Å². The quantitative estimate of drug-likeness (QED) is 0.833. The summed E-state index contributed by atoms with van der Waals surface area (Å²) in [5, 5.41) is 2.72. The monoisotopic (exact) mass is 298 g/mol. The number of halogens is 1. The van der Waals surface area contributed by atoms with Crippen LogP contribution >= 0.6 is 11.8 Å². The van der Waals surface area contributed by atoms with Crippen LogP contribution in [-0.2, 0) is 16.1 Å². The van der Waals surface area contributed by atoms with Gasteiger partial charge in [0.05, 0.1) is 12.3 Å². The van der Waals surface area contributed by atoms with E-state index in [1.807, 2.05) is 13.2 Å². The molecule has 0 spiro atoms. The Morgan fingerprint density at radius 1 is 1.30 bits per heavy atom. The molecule has 0 aliphatic heterocycles. The first-order chi connectivity index (χ1) is 9.56. The highest BCUT2D eigenvalue weighted by molar-refractivity contribution is 7.99. The van der Waals surface area contributed by atoms with E-state index in [-0.39, 0.29) is 24.2 Å². The van der Waals surface area contributed by atoms with Gasteiger partial charge >= 0.3 is 0 Å². The van der Waals surface area contributed by atoms with Gasteiger partial charge in [-0.05, 0) is 30.9 Å². The van der Waals surface area contributed by atoms with E-state index in [1.54, 1.807) is 12.1 Å². The van der Waals surface area contributed by atoms with Crippen molar-refractivity contribution in [3.05, 3.63) is 35.6 Å². The van der Waals surface area contributed by atoms with Crippen LogP contribution in [0.2, 0.25) is 0 Å². The predicted molar refractivity (Wildman–Crippen MR) is 78.9 cm³/mol. The minimum atomic E-state index is -0.306. The molecule has 6 heteroatoms.